The van der Waals surface area contributed by atoms with Crippen LogP contribution in [-0.2, 0) is 33.6 Å². The zero-order valence-corrected chi connectivity index (χ0v) is 75.5. The predicted octanol–water partition coefficient (Wildman–Crippen LogP) is 13.3. The number of rotatable bonds is 13. The van der Waals surface area contributed by atoms with Gasteiger partial charge in [0.2, 0.25) is 17.7 Å². The number of thiazole rings is 2. The maximum atomic E-state index is 13.3. The van der Waals surface area contributed by atoms with Crippen LogP contribution in [0, 0.1) is 46.9 Å². The van der Waals surface area contributed by atoms with E-state index in [9.17, 15) is 69.9 Å². The van der Waals surface area contributed by atoms with Crippen molar-refractivity contribution >= 4 is 133 Å². The molecule has 11 heterocycles. The van der Waals surface area contributed by atoms with Gasteiger partial charge in [0.25, 0.3) is 17.7 Å². The van der Waals surface area contributed by atoms with Gasteiger partial charge in [0.1, 0.15) is 40.8 Å². The Hall–Kier alpha value is -13.2. The van der Waals surface area contributed by atoms with E-state index < -0.39 is 13.1 Å². The number of carbonyl (C=O) groups is 10. The van der Waals surface area contributed by atoms with Crippen LogP contribution in [0.3, 0.4) is 0 Å². The van der Waals surface area contributed by atoms with Crippen LogP contribution in [0.2, 0.25) is 0 Å². The number of nitrogens with zero attached hydrogens (tertiary/aromatic N) is 12. The summed E-state index contributed by atoms with van der Waals surface area (Å²) in [6.45, 7) is 12.0. The van der Waals surface area contributed by atoms with Gasteiger partial charge in [-0.2, -0.15) is 0 Å². The summed E-state index contributed by atoms with van der Waals surface area (Å²) in [4.78, 5) is 146. The molecule has 0 unspecified atom stereocenters. The van der Waals surface area contributed by atoms with Gasteiger partial charge in [-0.25, -0.2) is 42.1 Å². The number of aromatic nitrogens is 6. The van der Waals surface area contributed by atoms with Crippen LogP contribution in [0.4, 0.5) is 77.9 Å². The molecule has 12 aromatic rings. The number of hydrogen-bond donors (Lipinski definition) is 6. The Morgan fingerprint density at radius 1 is 0.527 bits per heavy atom. The molecule has 19 rings (SSSR count). The van der Waals surface area contributed by atoms with E-state index in [-0.39, 0.29) is 137 Å². The average molecular weight is 1840 g/mol. The smallest absolute Gasteiger partial charge is 0.553 e. The largest absolute Gasteiger partial charge is 1.00 e. The van der Waals surface area contributed by atoms with Gasteiger partial charge in [-0.3, -0.25) is 71.6 Å². The predicted molar refractivity (Wildman–Crippen MR) is 482 cm³/mol. The zero-order chi connectivity index (χ0) is 94.0. The monoisotopic (exact) mass is 1840 g/mol. The van der Waals surface area contributed by atoms with Crippen molar-refractivity contribution in [3.8, 4) is 0 Å². The Bertz CT molecular complexity index is 5750. The standard InChI is InChI=1S/C27H25FN4O3S.C16H12FNO2.C15H10FNO3.C14H13FN2O.C12H17N3OS.C7H6N4O.C2H6O.CH3F.H2NO.Na/c28-21-2-4-22(5-3-21)32-23-6-1-18(11-19(23)12-25(32)33)26(34)31-14-20(15-31)17-7-9-30(10-8-17)27(35)24-13-29-16-36-24;1-10(19)11-2-7-15-12(8-11)9-16(20)18(15)14-5-3-13(17)4-6-14;16-11-2-4-12(5-3-11)17-13-6-1-9(15(19)20)7-10(13)8-14(17)18;1-9(18)10-2-7-14(13(16)8-10)17-12-5-3-11(15)4-6-12;16-12(11-14-3-6-17-11)15-4-1-9(2-5-15)10-7-13-8-10;12-7(10-3-1-8-5-10)11-4-2-9-6-11;1-2-3;2*1-2;/h1-6,11,13,16-17,20H,7-10,12,14-15H2;2-8H,9H2,1H3;1-7H,8H2,(H,19,20);2-8,17H,16H2,1H3;3,6,9-10,13H,1-2,4-5,7-8H2;1-6H;3H,2H2,1H3;1H3;1-2H;/q;;;;;;;;-1;+1/i;;;;;;;1D;;. The number of Topliss-reactive ketones (excluding diaryl/α,β-unsaturated/α-hetero) is 2. The molecule has 4 saturated heterocycles. The second-order valence-corrected chi connectivity index (χ2v) is 32.2. The summed E-state index contributed by atoms with van der Waals surface area (Å²) in [6.07, 6.45) is 17.3. The van der Waals surface area contributed by atoms with Crippen molar-refractivity contribution in [2.75, 3.05) is 91.9 Å². The first-order valence-corrected chi connectivity index (χ1v) is 42.8. The molecule has 0 atom stereocenters. The van der Waals surface area contributed by atoms with Crippen molar-refractivity contribution in [2.24, 2.45) is 23.7 Å². The summed E-state index contributed by atoms with van der Waals surface area (Å²) in [7, 11) is -1.00. The molecule has 37 heteroatoms. The maximum absolute atomic E-state index is 13.3. The van der Waals surface area contributed by atoms with Crippen molar-refractivity contribution in [3.05, 3.63) is 309 Å². The summed E-state index contributed by atoms with van der Waals surface area (Å²) in [6, 6.07) is 43.2. The van der Waals surface area contributed by atoms with Gasteiger partial charge in [0.05, 0.1) is 73.5 Å². The molecule has 8 N–H and O–H groups in total. The van der Waals surface area contributed by atoms with E-state index in [1.54, 1.807) is 144 Å². The molecule has 676 valence electrons. The Morgan fingerprint density at radius 3 is 1.32 bits per heavy atom. The van der Waals surface area contributed by atoms with Crippen molar-refractivity contribution in [3.63, 3.8) is 0 Å². The molecular weight excluding hydrogens is 1740 g/mol. The van der Waals surface area contributed by atoms with Gasteiger partial charge in [0, 0.05) is 122 Å². The van der Waals surface area contributed by atoms with Gasteiger partial charge in [-0.1, -0.05) is 0 Å². The van der Waals surface area contributed by atoms with Gasteiger partial charge in [0.15, 0.2) is 16.6 Å². The summed E-state index contributed by atoms with van der Waals surface area (Å²) < 4.78 is 70.2. The number of nitrogens with one attached hydrogen (secondary N) is 3. The van der Waals surface area contributed by atoms with E-state index >= 15 is 0 Å². The normalized spacial score (nSPS) is 14.7. The third-order valence-corrected chi connectivity index (χ3v) is 23.7. The number of anilines is 9. The first-order chi connectivity index (χ1) is 63.2. The van der Waals surface area contributed by atoms with Crippen LogP contribution in [-0.4, -0.2) is 184 Å². The number of benzene rings is 8. The fraction of sp³-hybridized carbons (Fsp3) is 0.255. The fourth-order valence-electron chi connectivity index (χ4n) is 15.4. The number of amides is 6. The van der Waals surface area contributed by atoms with Gasteiger partial charge < -0.3 is 52.4 Å². The minimum atomic E-state index is -1.03. The van der Waals surface area contributed by atoms with Crippen molar-refractivity contribution in [2.45, 2.75) is 65.7 Å². The molecule has 0 bridgehead atoms. The quantitative estimate of drug-likeness (QED) is 0.0205. The number of fused-ring (bicyclic) bond motifs is 3. The number of likely N-dealkylation sites (tertiary alicyclic amines) is 3. The number of imidazole rings is 2. The molecule has 7 aliphatic rings. The van der Waals surface area contributed by atoms with Gasteiger partial charge in [-0.15, -0.1) is 22.7 Å². The molecule has 0 saturated carbocycles. The number of aliphatic hydroxyl groups excluding tert-OH is 1. The third kappa shape index (κ3) is 25.7. The average Bonchev–Trinajstić information content (AvgIpc) is 1.46. The summed E-state index contributed by atoms with van der Waals surface area (Å²) in [5.41, 5.74) is 17.6. The summed E-state index contributed by atoms with van der Waals surface area (Å²) in [5, 5.41) is 31.7. The summed E-state index contributed by atoms with van der Waals surface area (Å²) >= 11 is 2.81. The number of carboxylic acid groups (broad SMARTS) is 1. The number of aliphatic hydroxyl groups is 1. The molecule has 4 fully saturated rings. The number of nitrogens with two attached hydrogens (primary N) is 1. The molecule has 29 nitrogen and oxygen atoms in total. The number of alkyl halides is 1. The fourth-order valence-corrected chi connectivity index (χ4v) is 16.6. The number of ketones is 2. The molecule has 7 aliphatic heterocycles. The molecule has 0 radical (unpaired) electrons. The van der Waals surface area contributed by atoms with Crippen molar-refractivity contribution < 1.29 is 116 Å². The number of carboxylic acids is 1. The van der Waals surface area contributed by atoms with Crippen LogP contribution < -0.4 is 60.6 Å². The van der Waals surface area contributed by atoms with Crippen LogP contribution in [0.15, 0.2) is 231 Å². The number of carbonyl (C=O) groups excluding carboxylic acids is 9. The van der Waals surface area contributed by atoms with Crippen LogP contribution >= 0.6 is 22.7 Å². The van der Waals surface area contributed by atoms with Gasteiger partial charge >= 0.3 is 41.6 Å². The van der Waals surface area contributed by atoms with Gasteiger partial charge in [-0.05, 0) is 270 Å². The van der Waals surface area contributed by atoms with E-state index in [0.29, 0.717) is 78.1 Å². The Balaban J connectivity index is 0.000000166. The Kier molecular flexibility index (Phi) is 36.0. The SMILES string of the molecule is CC(=O)c1ccc(Nc2ccc(F)cc2)c(N)c1.CC(=O)c1ccc2c(c1)CC(=O)N2c1ccc(F)cc1.CCO.O=C(O)c1ccc2c(c1)CC(=O)N2c1ccc(F)cc1.O=C(c1ccc2c(c1)CC(=O)N2c1ccc(F)cc1)N1CC(C2CCN(C(=O)c3cncs3)CC2)C1.O=C(c1nccs1)N1CCC(C2CNC2)CC1.O=C(n1ccnc1)n1ccnc1.[2H]CF.[NH-]O.[Na+]. The Morgan fingerprint density at radius 2 is 0.931 bits per heavy atom. The molecule has 131 heavy (non-hydrogen) atoms. The molecule has 0 spiro atoms. The minimum Gasteiger partial charge on any atom is -0.553 e. The summed E-state index contributed by atoms with van der Waals surface area (Å²) in [5.74, 6) is 4.79. The van der Waals surface area contributed by atoms with E-state index in [1.807, 2.05) is 32.2 Å². The van der Waals surface area contributed by atoms with Crippen molar-refractivity contribution in [1.29, 1.82) is 0 Å². The minimum absolute atomic E-state index is 0. The first kappa shape index (κ1) is 98.4. The van der Waals surface area contributed by atoms with Crippen LogP contribution in [0.25, 0.3) is 5.90 Å². The topological polar surface area (TPSA) is 386 Å². The van der Waals surface area contributed by atoms with Crippen LogP contribution in [0.1, 0.15) is 125 Å². The number of halogens is 5. The van der Waals surface area contributed by atoms with Crippen LogP contribution in [0.5, 0.6) is 0 Å². The molecule has 4 aromatic heterocycles. The van der Waals surface area contributed by atoms with E-state index in [4.69, 9.17) is 28.4 Å². The van der Waals surface area contributed by atoms with E-state index in [2.05, 4.69) is 30.6 Å². The maximum Gasteiger partial charge on any atom is 1.00 e. The third-order valence-electron chi connectivity index (χ3n) is 22.2. The van der Waals surface area contributed by atoms with E-state index in [0.717, 1.165) is 105 Å². The second kappa shape index (κ2) is 47.9. The second-order valence-electron chi connectivity index (χ2n) is 30.4. The number of hydrogen-bond acceptors (Lipinski definition) is 21. The molecule has 8 aromatic carbocycles. The first-order valence-electron chi connectivity index (χ1n) is 41.8. The van der Waals surface area contributed by atoms with Crippen molar-refractivity contribution in [1.82, 2.24) is 49.1 Å². The molecular formula is C94H94F5N16NaO13S2. The number of piperidine rings is 2. The molecule has 0 aliphatic carbocycles. The zero-order valence-electron chi connectivity index (χ0n) is 72.8. The van der Waals surface area contributed by atoms with E-state index in [1.165, 1.54) is 149 Å². The number of aromatic carboxylic acids is 1. The Labute approximate surface area is 782 Å². The number of nitrogen functional groups attached to an aromatic ring is 1. The molecule has 6 amide bonds.